The van der Waals surface area contributed by atoms with Crippen LogP contribution in [0.3, 0.4) is 0 Å². The minimum atomic E-state index is -2.46. The summed E-state index contributed by atoms with van der Waals surface area (Å²) in [5.41, 5.74) is 0.850. The SMILES string of the molecule is O=C(O)c1cc(NS(=O)[O-])ccc1NC1CCCCC1. The third-order valence-electron chi connectivity index (χ3n) is 3.42. The van der Waals surface area contributed by atoms with E-state index in [1.165, 1.54) is 12.5 Å². The number of anilines is 2. The molecule has 110 valence electrons. The van der Waals surface area contributed by atoms with Crippen LogP contribution < -0.4 is 10.0 Å². The van der Waals surface area contributed by atoms with Crippen molar-refractivity contribution in [3.63, 3.8) is 0 Å². The van der Waals surface area contributed by atoms with E-state index in [0.717, 1.165) is 25.7 Å². The number of hydrogen-bond donors (Lipinski definition) is 3. The molecule has 1 atom stereocenters. The van der Waals surface area contributed by atoms with Crippen molar-refractivity contribution >= 4 is 28.6 Å². The Balaban J connectivity index is 2.18. The van der Waals surface area contributed by atoms with Crippen LogP contribution in [0.2, 0.25) is 0 Å². The Hall–Kier alpha value is -1.60. The average molecular weight is 297 g/mol. The summed E-state index contributed by atoms with van der Waals surface area (Å²) >= 11 is -2.46. The summed E-state index contributed by atoms with van der Waals surface area (Å²) in [6.07, 6.45) is 5.58. The van der Waals surface area contributed by atoms with Gasteiger partial charge in [-0.05, 0) is 31.0 Å². The van der Waals surface area contributed by atoms with Crippen molar-refractivity contribution in [3.05, 3.63) is 23.8 Å². The molecular formula is C13H17N2O4S-. The fourth-order valence-corrected chi connectivity index (χ4v) is 2.79. The smallest absolute Gasteiger partial charge is 0.337 e. The molecule has 1 aliphatic carbocycles. The normalized spacial score (nSPS) is 17.4. The highest BCUT2D eigenvalue weighted by Crippen LogP contribution is 2.26. The zero-order valence-corrected chi connectivity index (χ0v) is 11.7. The maximum atomic E-state index is 11.3. The number of carbonyl (C=O) groups is 1. The Morgan fingerprint density at radius 3 is 2.60 bits per heavy atom. The number of aromatic carboxylic acids is 1. The van der Waals surface area contributed by atoms with E-state index < -0.39 is 17.2 Å². The molecule has 20 heavy (non-hydrogen) atoms. The maximum absolute atomic E-state index is 11.3. The Kier molecular flexibility index (Phi) is 4.97. The zero-order chi connectivity index (χ0) is 14.5. The molecule has 7 heteroatoms. The molecule has 2 rings (SSSR count). The third kappa shape index (κ3) is 3.94. The van der Waals surface area contributed by atoms with Crippen molar-refractivity contribution in [2.75, 3.05) is 10.0 Å². The second-order valence-corrected chi connectivity index (χ2v) is 5.56. The van der Waals surface area contributed by atoms with Gasteiger partial charge in [-0.2, -0.15) is 0 Å². The molecule has 1 saturated carbocycles. The van der Waals surface area contributed by atoms with Crippen LogP contribution >= 0.6 is 0 Å². The maximum Gasteiger partial charge on any atom is 0.337 e. The Morgan fingerprint density at radius 1 is 1.30 bits per heavy atom. The van der Waals surface area contributed by atoms with Gasteiger partial charge in [0.2, 0.25) is 0 Å². The monoisotopic (exact) mass is 297 g/mol. The van der Waals surface area contributed by atoms with Gasteiger partial charge in [0, 0.05) is 28.7 Å². The van der Waals surface area contributed by atoms with Gasteiger partial charge in [-0.25, -0.2) is 4.79 Å². The second-order valence-electron chi connectivity index (χ2n) is 4.88. The summed E-state index contributed by atoms with van der Waals surface area (Å²) in [5, 5.41) is 12.5. The topological polar surface area (TPSA) is 101 Å². The van der Waals surface area contributed by atoms with Gasteiger partial charge in [0.25, 0.3) is 0 Å². The molecule has 3 N–H and O–H groups in total. The van der Waals surface area contributed by atoms with E-state index in [9.17, 15) is 18.7 Å². The van der Waals surface area contributed by atoms with Crippen molar-refractivity contribution in [1.29, 1.82) is 0 Å². The van der Waals surface area contributed by atoms with Gasteiger partial charge in [-0.15, -0.1) is 0 Å². The lowest BCUT2D eigenvalue weighted by Crippen LogP contribution is -2.23. The van der Waals surface area contributed by atoms with E-state index in [1.54, 1.807) is 12.1 Å². The minimum absolute atomic E-state index is 0.0750. The number of nitrogens with one attached hydrogen (secondary N) is 2. The summed E-state index contributed by atoms with van der Waals surface area (Å²) in [7, 11) is 0. The van der Waals surface area contributed by atoms with Crippen molar-refractivity contribution in [2.24, 2.45) is 0 Å². The molecule has 1 aromatic carbocycles. The lowest BCUT2D eigenvalue weighted by molar-refractivity contribution is 0.0698. The van der Waals surface area contributed by atoms with E-state index >= 15 is 0 Å². The molecule has 1 aromatic rings. The summed E-state index contributed by atoms with van der Waals surface area (Å²) in [4.78, 5) is 11.3. The first-order chi connectivity index (χ1) is 9.56. The van der Waals surface area contributed by atoms with Gasteiger partial charge in [-0.3, -0.25) is 4.21 Å². The highest BCUT2D eigenvalue weighted by Gasteiger charge is 2.17. The number of carboxylic acids is 1. The number of carboxylic acid groups (broad SMARTS) is 1. The minimum Gasteiger partial charge on any atom is -0.755 e. The Labute approximate surface area is 120 Å². The Bertz CT molecular complexity index is 515. The molecule has 0 aromatic heterocycles. The summed E-state index contributed by atoms with van der Waals surface area (Å²) in [5.74, 6) is -1.08. The van der Waals surface area contributed by atoms with Crippen LogP contribution in [0.4, 0.5) is 11.4 Å². The highest BCUT2D eigenvalue weighted by atomic mass is 32.2. The van der Waals surface area contributed by atoms with Crippen molar-refractivity contribution < 1.29 is 18.7 Å². The van der Waals surface area contributed by atoms with Crippen LogP contribution in [0.1, 0.15) is 42.5 Å². The zero-order valence-electron chi connectivity index (χ0n) is 10.9. The van der Waals surface area contributed by atoms with Crippen LogP contribution in [0.25, 0.3) is 0 Å². The largest absolute Gasteiger partial charge is 0.755 e. The van der Waals surface area contributed by atoms with Crippen molar-refractivity contribution in [2.45, 2.75) is 38.1 Å². The van der Waals surface area contributed by atoms with Crippen molar-refractivity contribution in [3.8, 4) is 0 Å². The van der Waals surface area contributed by atoms with E-state index in [-0.39, 0.29) is 17.3 Å². The van der Waals surface area contributed by atoms with Crippen LogP contribution in [0, 0.1) is 0 Å². The third-order valence-corrected chi connectivity index (χ3v) is 3.82. The van der Waals surface area contributed by atoms with Gasteiger partial charge in [-0.1, -0.05) is 19.3 Å². The predicted molar refractivity (Wildman–Crippen MR) is 76.4 cm³/mol. The number of benzene rings is 1. The lowest BCUT2D eigenvalue weighted by atomic mass is 9.95. The molecule has 0 heterocycles. The van der Waals surface area contributed by atoms with Gasteiger partial charge in [0.1, 0.15) is 0 Å². The summed E-state index contributed by atoms with van der Waals surface area (Å²) in [6, 6.07) is 4.76. The highest BCUT2D eigenvalue weighted by molar-refractivity contribution is 7.80. The average Bonchev–Trinajstić information content (AvgIpc) is 2.41. The number of rotatable bonds is 5. The molecule has 0 bridgehead atoms. The van der Waals surface area contributed by atoms with Gasteiger partial charge in [0.05, 0.1) is 5.56 Å². The van der Waals surface area contributed by atoms with Gasteiger partial charge < -0.3 is 19.7 Å². The van der Waals surface area contributed by atoms with E-state index in [1.807, 2.05) is 0 Å². The van der Waals surface area contributed by atoms with Crippen LogP contribution in [-0.2, 0) is 11.3 Å². The lowest BCUT2D eigenvalue weighted by Gasteiger charge is -2.25. The molecule has 1 unspecified atom stereocenters. The first-order valence-electron chi connectivity index (χ1n) is 6.56. The van der Waals surface area contributed by atoms with Gasteiger partial charge in [0.15, 0.2) is 0 Å². The summed E-state index contributed by atoms with van der Waals surface area (Å²) < 4.78 is 23.3. The molecule has 0 amide bonds. The van der Waals surface area contributed by atoms with Gasteiger partial charge >= 0.3 is 5.97 Å². The van der Waals surface area contributed by atoms with Crippen LogP contribution in [0.5, 0.6) is 0 Å². The molecular weight excluding hydrogens is 280 g/mol. The molecule has 0 aliphatic heterocycles. The van der Waals surface area contributed by atoms with E-state index in [4.69, 9.17) is 0 Å². The second kappa shape index (κ2) is 6.71. The molecule has 0 saturated heterocycles. The van der Waals surface area contributed by atoms with E-state index in [2.05, 4.69) is 10.0 Å². The molecule has 1 fully saturated rings. The molecule has 0 radical (unpaired) electrons. The molecule has 1 aliphatic rings. The first-order valence-corrected chi connectivity index (χ1v) is 7.63. The van der Waals surface area contributed by atoms with Crippen molar-refractivity contribution in [1.82, 2.24) is 0 Å². The fourth-order valence-electron chi connectivity index (χ4n) is 2.47. The number of hydrogen-bond acceptors (Lipinski definition) is 4. The molecule has 0 spiro atoms. The molecule has 6 nitrogen and oxygen atoms in total. The van der Waals surface area contributed by atoms with E-state index in [0.29, 0.717) is 5.69 Å². The quantitative estimate of drug-likeness (QED) is 0.724. The summed E-state index contributed by atoms with van der Waals surface area (Å²) in [6.45, 7) is 0. The van der Waals surface area contributed by atoms with Crippen LogP contribution in [0.15, 0.2) is 18.2 Å². The van der Waals surface area contributed by atoms with Crippen LogP contribution in [-0.4, -0.2) is 25.9 Å². The Morgan fingerprint density at radius 2 is 2.00 bits per heavy atom. The first kappa shape index (κ1) is 14.8. The predicted octanol–water partition coefficient (Wildman–Crippen LogP) is 2.34. The fraction of sp³-hybridized carbons (Fsp3) is 0.462. The standard InChI is InChI=1S/C13H18N2O4S/c16-13(17)11-8-10(15-20(18)19)6-7-12(11)14-9-4-2-1-3-5-9/h6-9,14-15H,1-5H2,(H,16,17)(H,18,19)/p-1.